The largest absolute Gasteiger partial charge is 0.394 e. The molecule has 1 saturated carbocycles. The van der Waals surface area contributed by atoms with Crippen molar-refractivity contribution in [3.05, 3.63) is 35.4 Å². The number of rotatable bonds is 4. The van der Waals surface area contributed by atoms with Crippen molar-refractivity contribution >= 4 is 5.91 Å². The lowest BCUT2D eigenvalue weighted by Crippen LogP contribution is -2.53. The van der Waals surface area contributed by atoms with Crippen LogP contribution in [0.25, 0.3) is 0 Å². The normalized spacial score (nSPS) is 17.8. The smallest absolute Gasteiger partial charge is 0.225 e. The van der Waals surface area contributed by atoms with Crippen LogP contribution in [0.1, 0.15) is 37.7 Å². The number of hydrogen-bond acceptors (Lipinski definition) is 2. The van der Waals surface area contributed by atoms with Crippen LogP contribution in [0.4, 0.5) is 8.78 Å². The van der Waals surface area contributed by atoms with E-state index in [1.165, 1.54) is 6.07 Å². The Morgan fingerprint density at radius 2 is 1.80 bits per heavy atom. The maximum Gasteiger partial charge on any atom is 0.225 e. The number of halogens is 2. The van der Waals surface area contributed by atoms with Gasteiger partial charge in [-0.3, -0.25) is 4.79 Å². The van der Waals surface area contributed by atoms with Crippen LogP contribution in [0.2, 0.25) is 0 Å². The van der Waals surface area contributed by atoms with Crippen molar-refractivity contribution in [2.24, 2.45) is 0 Å². The van der Waals surface area contributed by atoms with E-state index in [4.69, 9.17) is 0 Å². The summed E-state index contributed by atoms with van der Waals surface area (Å²) in [4.78, 5) is 12.0. The number of aliphatic hydroxyl groups is 1. The van der Waals surface area contributed by atoms with E-state index in [0.29, 0.717) is 12.8 Å². The fourth-order valence-electron chi connectivity index (χ4n) is 2.75. The first kappa shape index (κ1) is 14.9. The van der Waals surface area contributed by atoms with Crippen LogP contribution in [-0.2, 0) is 11.2 Å². The van der Waals surface area contributed by atoms with Crippen molar-refractivity contribution in [3.63, 3.8) is 0 Å². The molecule has 0 unspecified atom stereocenters. The molecule has 1 amide bonds. The van der Waals surface area contributed by atoms with E-state index in [-0.39, 0.29) is 18.6 Å². The summed E-state index contributed by atoms with van der Waals surface area (Å²) in [6, 6.07) is 3.53. The van der Waals surface area contributed by atoms with Crippen LogP contribution in [0.5, 0.6) is 0 Å². The summed E-state index contributed by atoms with van der Waals surface area (Å²) in [7, 11) is 0. The number of benzene rings is 1. The zero-order valence-electron chi connectivity index (χ0n) is 11.3. The van der Waals surface area contributed by atoms with Crippen molar-refractivity contribution in [1.29, 1.82) is 0 Å². The second-order valence-corrected chi connectivity index (χ2v) is 5.42. The summed E-state index contributed by atoms with van der Waals surface area (Å²) in [5, 5.41) is 12.3. The summed E-state index contributed by atoms with van der Waals surface area (Å²) in [5.74, 6) is -1.89. The van der Waals surface area contributed by atoms with Crippen molar-refractivity contribution in [3.8, 4) is 0 Å². The molecule has 0 atom stereocenters. The van der Waals surface area contributed by atoms with E-state index in [2.05, 4.69) is 5.32 Å². The molecule has 2 N–H and O–H groups in total. The highest BCUT2D eigenvalue weighted by atomic mass is 19.1. The highest BCUT2D eigenvalue weighted by molar-refractivity contribution is 5.79. The number of amides is 1. The lowest BCUT2D eigenvalue weighted by Gasteiger charge is -2.36. The van der Waals surface area contributed by atoms with E-state index < -0.39 is 23.1 Å². The van der Waals surface area contributed by atoms with Crippen LogP contribution in [-0.4, -0.2) is 23.2 Å². The Labute approximate surface area is 117 Å². The molecule has 0 bridgehead atoms. The van der Waals surface area contributed by atoms with E-state index in [0.717, 1.165) is 31.4 Å². The Balaban J connectivity index is 2.05. The fourth-order valence-corrected chi connectivity index (χ4v) is 2.75. The van der Waals surface area contributed by atoms with Crippen LogP contribution in [0.3, 0.4) is 0 Å². The maximum absolute atomic E-state index is 13.5. The van der Waals surface area contributed by atoms with Crippen molar-refractivity contribution in [2.75, 3.05) is 6.61 Å². The maximum atomic E-state index is 13.5. The number of hydrogen-bond donors (Lipinski definition) is 2. The second kappa shape index (κ2) is 6.31. The van der Waals surface area contributed by atoms with Gasteiger partial charge in [-0.1, -0.05) is 25.3 Å². The first-order chi connectivity index (χ1) is 9.56. The molecule has 0 saturated heterocycles. The third kappa shape index (κ3) is 3.33. The Morgan fingerprint density at radius 1 is 1.20 bits per heavy atom. The number of carbonyl (C=O) groups excluding carboxylic acids is 1. The minimum Gasteiger partial charge on any atom is -0.394 e. The summed E-state index contributed by atoms with van der Waals surface area (Å²) in [6.45, 7) is -0.140. The van der Waals surface area contributed by atoms with Crippen LogP contribution in [0, 0.1) is 11.6 Å². The van der Waals surface area contributed by atoms with Crippen molar-refractivity contribution < 1.29 is 18.7 Å². The predicted octanol–water partition coefficient (Wildman–Crippen LogP) is 2.32. The van der Waals surface area contributed by atoms with Gasteiger partial charge < -0.3 is 10.4 Å². The van der Waals surface area contributed by atoms with Gasteiger partial charge in [0, 0.05) is 5.56 Å². The highest BCUT2D eigenvalue weighted by Crippen LogP contribution is 2.28. The minimum absolute atomic E-state index is 0.140. The SMILES string of the molecule is O=C(Cc1c(F)cccc1F)NC1(CO)CCCCC1. The molecule has 0 radical (unpaired) electrons. The molecule has 1 aliphatic carbocycles. The van der Waals surface area contributed by atoms with E-state index in [1.807, 2.05) is 0 Å². The zero-order chi connectivity index (χ0) is 14.6. The van der Waals surface area contributed by atoms with Gasteiger partial charge in [-0.05, 0) is 25.0 Å². The summed E-state index contributed by atoms with van der Waals surface area (Å²) in [5.41, 5.74) is -0.856. The van der Waals surface area contributed by atoms with Gasteiger partial charge in [0.1, 0.15) is 11.6 Å². The monoisotopic (exact) mass is 283 g/mol. The lowest BCUT2D eigenvalue weighted by atomic mass is 9.82. The number of carbonyl (C=O) groups is 1. The van der Waals surface area contributed by atoms with Gasteiger partial charge >= 0.3 is 0 Å². The Bertz CT molecular complexity index is 465. The minimum atomic E-state index is -0.721. The average molecular weight is 283 g/mol. The molecule has 20 heavy (non-hydrogen) atoms. The molecular weight excluding hydrogens is 264 g/mol. The molecule has 3 nitrogen and oxygen atoms in total. The first-order valence-electron chi connectivity index (χ1n) is 6.91. The molecule has 110 valence electrons. The van der Waals surface area contributed by atoms with E-state index in [1.54, 1.807) is 0 Å². The van der Waals surface area contributed by atoms with Gasteiger partial charge in [0.2, 0.25) is 5.91 Å². The Morgan fingerprint density at radius 3 is 2.35 bits per heavy atom. The zero-order valence-corrected chi connectivity index (χ0v) is 11.3. The summed E-state index contributed by atoms with van der Waals surface area (Å²) < 4.78 is 27.0. The van der Waals surface area contributed by atoms with Gasteiger partial charge in [-0.2, -0.15) is 0 Å². The number of nitrogens with one attached hydrogen (secondary N) is 1. The lowest BCUT2D eigenvalue weighted by molar-refractivity contribution is -0.123. The van der Waals surface area contributed by atoms with Crippen molar-refractivity contribution in [2.45, 2.75) is 44.1 Å². The molecule has 2 rings (SSSR count). The van der Waals surface area contributed by atoms with Crippen LogP contribution < -0.4 is 5.32 Å². The Hall–Kier alpha value is -1.49. The molecule has 1 fully saturated rings. The molecular formula is C15H19F2NO2. The fraction of sp³-hybridized carbons (Fsp3) is 0.533. The quantitative estimate of drug-likeness (QED) is 0.891. The van der Waals surface area contributed by atoms with E-state index in [9.17, 15) is 18.7 Å². The molecule has 1 aromatic carbocycles. The molecule has 1 aliphatic rings. The highest BCUT2D eigenvalue weighted by Gasteiger charge is 2.33. The number of aliphatic hydroxyl groups excluding tert-OH is 1. The van der Waals surface area contributed by atoms with Gasteiger partial charge in [0.15, 0.2) is 0 Å². The third-order valence-corrected chi connectivity index (χ3v) is 3.92. The summed E-state index contributed by atoms with van der Waals surface area (Å²) >= 11 is 0. The second-order valence-electron chi connectivity index (χ2n) is 5.42. The molecule has 0 spiro atoms. The Kier molecular flexibility index (Phi) is 4.70. The van der Waals surface area contributed by atoms with Crippen LogP contribution >= 0.6 is 0 Å². The topological polar surface area (TPSA) is 49.3 Å². The van der Waals surface area contributed by atoms with Crippen molar-refractivity contribution in [1.82, 2.24) is 5.32 Å². The molecule has 0 aromatic heterocycles. The molecule has 0 heterocycles. The predicted molar refractivity (Wildman–Crippen MR) is 71.1 cm³/mol. The summed E-state index contributed by atoms with van der Waals surface area (Å²) in [6.07, 6.45) is 4.02. The van der Waals surface area contributed by atoms with Gasteiger partial charge in [0.05, 0.1) is 18.6 Å². The standard InChI is InChI=1S/C15H19F2NO2/c16-12-5-4-6-13(17)11(12)9-14(20)18-15(10-19)7-2-1-3-8-15/h4-6,19H,1-3,7-10H2,(H,18,20). The van der Waals surface area contributed by atoms with E-state index >= 15 is 0 Å². The molecule has 5 heteroatoms. The first-order valence-corrected chi connectivity index (χ1v) is 6.91. The average Bonchev–Trinajstić information content (AvgIpc) is 2.44. The van der Waals surface area contributed by atoms with Gasteiger partial charge in [-0.25, -0.2) is 8.78 Å². The van der Waals surface area contributed by atoms with Gasteiger partial charge in [-0.15, -0.1) is 0 Å². The van der Waals surface area contributed by atoms with Gasteiger partial charge in [0.25, 0.3) is 0 Å². The molecule has 1 aromatic rings. The molecule has 0 aliphatic heterocycles. The third-order valence-electron chi connectivity index (χ3n) is 3.92. The van der Waals surface area contributed by atoms with Crippen LogP contribution in [0.15, 0.2) is 18.2 Å².